The maximum Gasteiger partial charge on any atom is 0.263 e. The van der Waals surface area contributed by atoms with Gasteiger partial charge in [0, 0.05) is 17.7 Å². The number of ether oxygens (including phenoxy) is 1. The van der Waals surface area contributed by atoms with Gasteiger partial charge in [-0.2, -0.15) is 0 Å². The Morgan fingerprint density at radius 2 is 1.12 bits per heavy atom. The highest BCUT2D eigenvalue weighted by atomic mass is 16.5. The van der Waals surface area contributed by atoms with E-state index in [9.17, 15) is 0 Å². The number of allylic oxidation sites excluding steroid dienone is 2. The van der Waals surface area contributed by atoms with E-state index in [1.54, 1.807) is 0 Å². The lowest BCUT2D eigenvalue weighted by molar-refractivity contribution is 0.0359. The van der Waals surface area contributed by atoms with E-state index in [4.69, 9.17) is 4.74 Å². The van der Waals surface area contributed by atoms with Gasteiger partial charge in [0.1, 0.15) is 0 Å². The molecule has 124 valence electrons. The zero-order chi connectivity index (χ0) is 16.2. The normalized spacial score (nSPS) is 16.1. The zero-order valence-electron chi connectivity index (χ0n) is 13.3. The maximum absolute atomic E-state index is 4.98. The molecule has 1 aliphatic heterocycles. The summed E-state index contributed by atoms with van der Waals surface area (Å²) >= 11 is 0. The van der Waals surface area contributed by atoms with Gasteiger partial charge in [0.2, 0.25) is 6.10 Å². The molecule has 3 aromatic carbocycles. The molecule has 1 N–H and O–H groups in total. The van der Waals surface area contributed by atoms with Crippen molar-refractivity contribution in [2.45, 2.75) is 13.5 Å². The van der Waals surface area contributed by atoms with Crippen molar-refractivity contribution in [3.8, 4) is 0 Å². The van der Waals surface area contributed by atoms with Crippen LogP contribution in [0.15, 0.2) is 103 Å². The number of rotatable bonds is 3. The quantitative estimate of drug-likeness (QED) is 0.521. The predicted octanol–water partition coefficient (Wildman–Crippen LogP) is 6.03. The Kier molecular flexibility index (Phi) is 5.15. The molecule has 1 heterocycles. The summed E-state index contributed by atoms with van der Waals surface area (Å²) in [6, 6.07) is 31.4. The SMILES string of the molecule is C.C1=C(c2ccccc2)C=C(c2ccccc2)[OH+]C1c1ccccc1. The summed E-state index contributed by atoms with van der Waals surface area (Å²) in [6.45, 7) is 0. The number of benzene rings is 3. The van der Waals surface area contributed by atoms with Crippen LogP contribution in [0.1, 0.15) is 30.2 Å². The molecule has 1 aliphatic rings. The summed E-state index contributed by atoms with van der Waals surface area (Å²) in [7, 11) is 0. The van der Waals surface area contributed by atoms with E-state index in [1.807, 2.05) is 18.2 Å². The minimum atomic E-state index is 0. The van der Waals surface area contributed by atoms with Gasteiger partial charge in [-0.15, -0.1) is 0 Å². The average molecular weight is 327 g/mol. The largest absolute Gasteiger partial charge is 0.574 e. The first-order valence-corrected chi connectivity index (χ1v) is 8.20. The van der Waals surface area contributed by atoms with E-state index in [2.05, 4.69) is 84.9 Å². The second kappa shape index (κ2) is 7.67. The second-order valence-electron chi connectivity index (χ2n) is 5.87. The Labute approximate surface area is 149 Å². The average Bonchev–Trinajstić information content (AvgIpc) is 2.70. The molecule has 0 radical (unpaired) electrons. The van der Waals surface area contributed by atoms with Crippen LogP contribution in [-0.2, 0) is 0 Å². The standard InChI is InChI=1S/C23H18O.CH4/c1-4-10-18(11-5-1)21-16-22(19-12-6-2-7-13-19)24-23(17-21)20-14-8-3-9-15-20;/h1-17,22H;1H4/p+1. The highest BCUT2D eigenvalue weighted by Crippen LogP contribution is 2.34. The van der Waals surface area contributed by atoms with Crippen LogP contribution in [0.2, 0.25) is 0 Å². The molecular weight excluding hydrogens is 304 g/mol. The van der Waals surface area contributed by atoms with E-state index in [1.165, 1.54) is 16.7 Å². The summed E-state index contributed by atoms with van der Waals surface area (Å²) in [6.07, 6.45) is 4.47. The Bertz CT molecular complexity index is 862. The fourth-order valence-corrected chi connectivity index (χ4v) is 2.99. The van der Waals surface area contributed by atoms with Gasteiger partial charge in [-0.1, -0.05) is 74.2 Å². The van der Waals surface area contributed by atoms with Crippen molar-refractivity contribution < 1.29 is 4.74 Å². The smallest absolute Gasteiger partial charge is 0.263 e. The molecule has 1 heteroatoms. The Balaban J connectivity index is 0.00000182. The van der Waals surface area contributed by atoms with Gasteiger partial charge in [0.25, 0.3) is 5.76 Å². The van der Waals surface area contributed by atoms with Gasteiger partial charge in [-0.05, 0) is 35.4 Å². The molecule has 0 saturated carbocycles. The third-order valence-electron chi connectivity index (χ3n) is 4.23. The van der Waals surface area contributed by atoms with E-state index in [0.29, 0.717) is 0 Å². The van der Waals surface area contributed by atoms with Gasteiger partial charge >= 0.3 is 0 Å². The van der Waals surface area contributed by atoms with E-state index >= 15 is 0 Å². The van der Waals surface area contributed by atoms with Crippen molar-refractivity contribution >= 4 is 11.3 Å². The minimum absolute atomic E-state index is 0. The summed E-state index contributed by atoms with van der Waals surface area (Å²) in [5.74, 6) is 1.03. The van der Waals surface area contributed by atoms with Crippen molar-refractivity contribution in [2.75, 3.05) is 0 Å². The molecule has 0 amide bonds. The van der Waals surface area contributed by atoms with Gasteiger partial charge in [-0.3, -0.25) is 0 Å². The van der Waals surface area contributed by atoms with Crippen LogP contribution >= 0.6 is 0 Å². The molecule has 0 saturated heterocycles. The van der Waals surface area contributed by atoms with E-state index in [0.717, 1.165) is 11.3 Å². The minimum Gasteiger partial charge on any atom is -0.574 e. The lowest BCUT2D eigenvalue weighted by Crippen LogP contribution is -2.10. The summed E-state index contributed by atoms with van der Waals surface area (Å²) in [4.78, 5) is 0. The Morgan fingerprint density at radius 3 is 1.72 bits per heavy atom. The lowest BCUT2D eigenvalue weighted by atomic mass is 9.97. The van der Waals surface area contributed by atoms with Crippen molar-refractivity contribution in [3.05, 3.63) is 120 Å². The molecule has 0 fully saturated rings. The first kappa shape index (κ1) is 16.8. The van der Waals surface area contributed by atoms with E-state index < -0.39 is 0 Å². The summed E-state index contributed by atoms with van der Waals surface area (Å²) < 4.78 is 4.98. The molecule has 4 rings (SSSR count). The van der Waals surface area contributed by atoms with E-state index in [-0.39, 0.29) is 13.5 Å². The van der Waals surface area contributed by atoms with Crippen molar-refractivity contribution in [1.82, 2.24) is 0 Å². The Hall–Kier alpha value is -3.06. The third kappa shape index (κ3) is 3.72. The topological polar surface area (TPSA) is 12.8 Å². The molecule has 0 aliphatic carbocycles. The predicted molar refractivity (Wildman–Crippen MR) is 107 cm³/mol. The number of aliphatic hydroxyl groups is 2. The molecule has 1 unspecified atom stereocenters. The van der Waals surface area contributed by atoms with Crippen LogP contribution in [0.5, 0.6) is 0 Å². The number of hydrogen-bond donors (Lipinski definition) is 0. The Morgan fingerprint density at radius 1 is 0.600 bits per heavy atom. The molecule has 1 nitrogen and oxygen atoms in total. The molecular formula is C24H23O+. The van der Waals surface area contributed by atoms with Crippen molar-refractivity contribution in [1.29, 1.82) is 0 Å². The molecule has 0 aromatic heterocycles. The zero-order valence-corrected chi connectivity index (χ0v) is 13.3. The van der Waals surface area contributed by atoms with Crippen LogP contribution in [-0.4, -0.2) is 4.74 Å². The van der Waals surface area contributed by atoms with Crippen molar-refractivity contribution in [2.24, 2.45) is 0 Å². The van der Waals surface area contributed by atoms with Crippen LogP contribution in [0, 0.1) is 0 Å². The molecule has 1 atom stereocenters. The fourth-order valence-electron chi connectivity index (χ4n) is 2.99. The van der Waals surface area contributed by atoms with Gasteiger partial charge in [0.05, 0.1) is 5.56 Å². The van der Waals surface area contributed by atoms with Gasteiger partial charge in [0.15, 0.2) is 0 Å². The highest BCUT2D eigenvalue weighted by molar-refractivity contribution is 5.83. The summed E-state index contributed by atoms with van der Waals surface area (Å²) in [5.41, 5.74) is 4.81. The van der Waals surface area contributed by atoms with Crippen LogP contribution in [0.3, 0.4) is 0 Å². The molecule has 0 bridgehead atoms. The highest BCUT2D eigenvalue weighted by Gasteiger charge is 2.24. The van der Waals surface area contributed by atoms with Crippen LogP contribution in [0.25, 0.3) is 11.3 Å². The second-order valence-corrected chi connectivity index (χ2v) is 5.87. The van der Waals surface area contributed by atoms with Gasteiger partial charge < -0.3 is 4.74 Å². The number of hydrogen-bond acceptors (Lipinski definition) is 0. The molecule has 0 spiro atoms. The lowest BCUT2D eigenvalue weighted by Gasteiger charge is -2.22. The summed E-state index contributed by atoms with van der Waals surface area (Å²) in [5, 5.41) is 0. The van der Waals surface area contributed by atoms with Gasteiger partial charge in [-0.25, -0.2) is 0 Å². The first-order chi connectivity index (χ1) is 11.9. The van der Waals surface area contributed by atoms with Crippen LogP contribution < -0.4 is 0 Å². The third-order valence-corrected chi connectivity index (χ3v) is 4.23. The fraction of sp³-hybridized carbons (Fsp3) is 0.0833. The monoisotopic (exact) mass is 327 g/mol. The maximum atomic E-state index is 4.98. The first-order valence-electron chi connectivity index (χ1n) is 8.20. The molecule has 25 heavy (non-hydrogen) atoms. The molecule has 3 aromatic rings. The van der Waals surface area contributed by atoms with Crippen LogP contribution in [0.4, 0.5) is 0 Å². The van der Waals surface area contributed by atoms with Crippen molar-refractivity contribution in [3.63, 3.8) is 0 Å².